The number of primary amides is 1. The molecule has 1 unspecified atom stereocenters. The summed E-state index contributed by atoms with van der Waals surface area (Å²) in [4.78, 5) is 21.0. The topological polar surface area (TPSA) is 80.9 Å². The molecule has 2 aromatic heterocycles. The van der Waals surface area contributed by atoms with Crippen molar-refractivity contribution in [3.05, 3.63) is 95.6 Å². The SMILES string of the molecule is Cc1ccccc1C(CCc1ccncc1)(NCCc1cccnc1)C(N)=O. The molecule has 0 aliphatic rings. The number of rotatable bonds is 9. The highest BCUT2D eigenvalue weighted by atomic mass is 16.1. The van der Waals surface area contributed by atoms with Crippen LogP contribution in [-0.2, 0) is 23.2 Å². The first kappa shape index (κ1) is 19.7. The highest BCUT2D eigenvalue weighted by Crippen LogP contribution is 2.29. The highest BCUT2D eigenvalue weighted by Gasteiger charge is 2.38. The van der Waals surface area contributed by atoms with E-state index in [0.29, 0.717) is 13.0 Å². The van der Waals surface area contributed by atoms with Crippen molar-refractivity contribution in [1.29, 1.82) is 0 Å². The van der Waals surface area contributed by atoms with E-state index in [1.165, 1.54) is 0 Å². The molecule has 2 heterocycles. The summed E-state index contributed by atoms with van der Waals surface area (Å²) in [6, 6.07) is 15.8. The maximum absolute atomic E-state index is 12.8. The van der Waals surface area contributed by atoms with E-state index in [1.54, 1.807) is 18.6 Å². The minimum Gasteiger partial charge on any atom is -0.368 e. The van der Waals surface area contributed by atoms with Crippen LogP contribution in [0.25, 0.3) is 0 Å². The Kier molecular flexibility index (Phi) is 6.50. The molecule has 5 heteroatoms. The molecule has 28 heavy (non-hydrogen) atoms. The van der Waals surface area contributed by atoms with Gasteiger partial charge in [-0.15, -0.1) is 0 Å². The van der Waals surface area contributed by atoms with Crippen molar-refractivity contribution in [2.45, 2.75) is 31.7 Å². The zero-order valence-corrected chi connectivity index (χ0v) is 16.1. The molecule has 3 rings (SSSR count). The molecule has 1 aromatic carbocycles. The number of aryl methyl sites for hydroxylation is 2. The Morgan fingerprint density at radius 2 is 1.75 bits per heavy atom. The number of nitrogens with zero attached hydrogens (tertiary/aromatic N) is 2. The lowest BCUT2D eigenvalue weighted by Crippen LogP contribution is -2.54. The minimum atomic E-state index is -0.934. The lowest BCUT2D eigenvalue weighted by atomic mass is 9.81. The molecular formula is C23H26N4O. The fraction of sp³-hybridized carbons (Fsp3) is 0.261. The maximum atomic E-state index is 12.8. The molecule has 0 saturated carbocycles. The zero-order valence-electron chi connectivity index (χ0n) is 16.1. The van der Waals surface area contributed by atoms with Gasteiger partial charge < -0.3 is 5.73 Å². The van der Waals surface area contributed by atoms with E-state index in [9.17, 15) is 4.79 Å². The molecule has 3 N–H and O–H groups in total. The Morgan fingerprint density at radius 1 is 0.964 bits per heavy atom. The third kappa shape index (κ3) is 4.61. The highest BCUT2D eigenvalue weighted by molar-refractivity contribution is 5.86. The van der Waals surface area contributed by atoms with Crippen LogP contribution in [0.15, 0.2) is 73.3 Å². The summed E-state index contributed by atoms with van der Waals surface area (Å²) in [5.41, 5.74) is 9.28. The number of aromatic nitrogens is 2. The van der Waals surface area contributed by atoms with Gasteiger partial charge in [0.05, 0.1) is 0 Å². The molecule has 3 aromatic rings. The number of hydrogen-bond donors (Lipinski definition) is 2. The second-order valence-electron chi connectivity index (χ2n) is 6.98. The fourth-order valence-corrected chi connectivity index (χ4v) is 3.56. The van der Waals surface area contributed by atoms with Gasteiger partial charge in [0.2, 0.25) is 5.91 Å². The van der Waals surface area contributed by atoms with Crippen LogP contribution in [0.1, 0.15) is 28.7 Å². The van der Waals surface area contributed by atoms with Crippen LogP contribution < -0.4 is 11.1 Å². The van der Waals surface area contributed by atoms with Crippen LogP contribution in [0, 0.1) is 6.92 Å². The molecular weight excluding hydrogens is 348 g/mol. The smallest absolute Gasteiger partial charge is 0.242 e. The molecule has 0 aliphatic heterocycles. The molecule has 0 radical (unpaired) electrons. The Labute approximate surface area is 166 Å². The first-order valence-electron chi connectivity index (χ1n) is 9.51. The predicted octanol–water partition coefficient (Wildman–Crippen LogP) is 2.93. The Hall–Kier alpha value is -3.05. The van der Waals surface area contributed by atoms with Crippen LogP contribution in [0.3, 0.4) is 0 Å². The quantitative estimate of drug-likeness (QED) is 0.603. The van der Waals surface area contributed by atoms with Gasteiger partial charge in [-0.1, -0.05) is 30.3 Å². The molecule has 0 saturated heterocycles. The van der Waals surface area contributed by atoms with Crippen molar-refractivity contribution in [3.63, 3.8) is 0 Å². The average molecular weight is 374 g/mol. The van der Waals surface area contributed by atoms with Crippen molar-refractivity contribution in [2.24, 2.45) is 5.73 Å². The third-order valence-corrected chi connectivity index (χ3v) is 5.13. The van der Waals surface area contributed by atoms with Crippen LogP contribution >= 0.6 is 0 Å². The van der Waals surface area contributed by atoms with Gasteiger partial charge in [-0.25, -0.2) is 0 Å². The van der Waals surface area contributed by atoms with Crippen molar-refractivity contribution in [2.75, 3.05) is 6.54 Å². The van der Waals surface area contributed by atoms with Gasteiger partial charge >= 0.3 is 0 Å². The van der Waals surface area contributed by atoms with Crippen LogP contribution in [-0.4, -0.2) is 22.4 Å². The lowest BCUT2D eigenvalue weighted by molar-refractivity contribution is -0.125. The van der Waals surface area contributed by atoms with E-state index in [0.717, 1.165) is 35.1 Å². The van der Waals surface area contributed by atoms with E-state index in [1.807, 2.05) is 61.7 Å². The Bertz CT molecular complexity index is 899. The molecule has 1 atom stereocenters. The van der Waals surface area contributed by atoms with Crippen molar-refractivity contribution >= 4 is 5.91 Å². The van der Waals surface area contributed by atoms with Gasteiger partial charge in [-0.05, 0) is 66.6 Å². The van der Waals surface area contributed by atoms with Gasteiger partial charge in [-0.2, -0.15) is 0 Å². The fourth-order valence-electron chi connectivity index (χ4n) is 3.56. The third-order valence-electron chi connectivity index (χ3n) is 5.13. The number of amides is 1. The number of pyridine rings is 2. The lowest BCUT2D eigenvalue weighted by Gasteiger charge is -2.34. The van der Waals surface area contributed by atoms with Gasteiger partial charge in [-0.3, -0.25) is 20.1 Å². The second-order valence-corrected chi connectivity index (χ2v) is 6.98. The number of nitrogens with two attached hydrogens (primary N) is 1. The van der Waals surface area contributed by atoms with Crippen LogP contribution in [0.4, 0.5) is 0 Å². The van der Waals surface area contributed by atoms with Gasteiger partial charge in [0.15, 0.2) is 0 Å². The number of carbonyl (C=O) groups excluding carboxylic acids is 1. The summed E-state index contributed by atoms with van der Waals surface area (Å²) in [5, 5.41) is 3.49. The summed E-state index contributed by atoms with van der Waals surface area (Å²) in [6.07, 6.45) is 9.20. The summed E-state index contributed by atoms with van der Waals surface area (Å²) in [7, 11) is 0. The predicted molar refractivity (Wildman–Crippen MR) is 111 cm³/mol. The molecule has 1 amide bonds. The molecule has 144 valence electrons. The largest absolute Gasteiger partial charge is 0.368 e. The van der Waals surface area contributed by atoms with Crippen molar-refractivity contribution in [1.82, 2.24) is 15.3 Å². The number of hydrogen-bond acceptors (Lipinski definition) is 4. The van der Waals surface area contributed by atoms with E-state index < -0.39 is 5.54 Å². The summed E-state index contributed by atoms with van der Waals surface area (Å²) < 4.78 is 0. The van der Waals surface area contributed by atoms with Crippen molar-refractivity contribution < 1.29 is 4.79 Å². The molecule has 0 spiro atoms. The zero-order chi connectivity index (χ0) is 19.8. The van der Waals surface area contributed by atoms with Gasteiger partial charge in [0.25, 0.3) is 0 Å². The number of nitrogens with one attached hydrogen (secondary N) is 1. The molecule has 0 aliphatic carbocycles. The van der Waals surface area contributed by atoms with Gasteiger partial charge in [0.1, 0.15) is 5.54 Å². The minimum absolute atomic E-state index is 0.359. The monoisotopic (exact) mass is 374 g/mol. The van der Waals surface area contributed by atoms with Gasteiger partial charge in [0, 0.05) is 31.3 Å². The standard InChI is InChI=1S/C23H26N4O/c1-18-5-2-3-7-21(18)23(22(24)28,12-8-19-9-14-25-15-10-19)27-16-11-20-6-4-13-26-17-20/h2-7,9-10,13-15,17,27H,8,11-12,16H2,1H3,(H2,24,28). The Balaban J connectivity index is 1.86. The van der Waals surface area contributed by atoms with Crippen molar-refractivity contribution in [3.8, 4) is 0 Å². The normalized spacial score (nSPS) is 13.0. The Morgan fingerprint density at radius 3 is 2.43 bits per heavy atom. The first-order valence-corrected chi connectivity index (χ1v) is 9.51. The van der Waals surface area contributed by atoms with Crippen LogP contribution in [0.2, 0.25) is 0 Å². The van der Waals surface area contributed by atoms with E-state index in [2.05, 4.69) is 15.3 Å². The number of carbonyl (C=O) groups is 1. The summed E-state index contributed by atoms with van der Waals surface area (Å²) in [6.45, 7) is 2.64. The van der Waals surface area contributed by atoms with Crippen LogP contribution in [0.5, 0.6) is 0 Å². The van der Waals surface area contributed by atoms with E-state index >= 15 is 0 Å². The summed E-state index contributed by atoms with van der Waals surface area (Å²) >= 11 is 0. The second kappa shape index (κ2) is 9.24. The number of benzene rings is 1. The maximum Gasteiger partial charge on any atom is 0.242 e. The van der Waals surface area contributed by atoms with E-state index in [4.69, 9.17) is 5.73 Å². The molecule has 5 nitrogen and oxygen atoms in total. The molecule has 0 fully saturated rings. The molecule has 0 bridgehead atoms. The average Bonchev–Trinajstić information content (AvgIpc) is 2.72. The first-order chi connectivity index (χ1) is 13.6. The van der Waals surface area contributed by atoms with E-state index in [-0.39, 0.29) is 5.91 Å². The summed E-state index contributed by atoms with van der Waals surface area (Å²) in [5.74, 6) is -0.359.